The van der Waals surface area contributed by atoms with Gasteiger partial charge < -0.3 is 9.47 Å². The van der Waals surface area contributed by atoms with Gasteiger partial charge in [0.2, 0.25) is 0 Å². The minimum absolute atomic E-state index is 0.0917. The van der Waals surface area contributed by atoms with Crippen LogP contribution in [0.4, 0.5) is 0 Å². The van der Waals surface area contributed by atoms with Crippen LogP contribution < -0.4 is 9.47 Å². The van der Waals surface area contributed by atoms with Gasteiger partial charge in [-0.15, -0.1) is 0 Å². The highest BCUT2D eigenvalue weighted by atomic mass is 16.5. The summed E-state index contributed by atoms with van der Waals surface area (Å²) < 4.78 is 10.5. The van der Waals surface area contributed by atoms with Crippen LogP contribution in [-0.2, 0) is 6.42 Å². The number of hydrogen-bond donors (Lipinski definition) is 0. The Kier molecular flexibility index (Phi) is 4.29. The summed E-state index contributed by atoms with van der Waals surface area (Å²) in [7, 11) is 3.27. The molecule has 0 radical (unpaired) electrons. The smallest absolute Gasteiger partial charge is 0.167 e. The predicted octanol–water partition coefficient (Wildman–Crippen LogP) is 4.28. The Balaban J connectivity index is 1.94. The van der Waals surface area contributed by atoms with E-state index in [-0.39, 0.29) is 5.78 Å². The molecule has 0 spiro atoms. The van der Waals surface area contributed by atoms with E-state index in [1.165, 1.54) is 0 Å². The van der Waals surface area contributed by atoms with E-state index in [4.69, 9.17) is 9.47 Å². The monoisotopic (exact) mass is 306 g/mol. The summed E-state index contributed by atoms with van der Waals surface area (Å²) in [6.45, 7) is 0. The molecule has 0 fully saturated rings. The molecule has 116 valence electrons. The summed E-state index contributed by atoms with van der Waals surface area (Å²) in [5.74, 6) is 1.66. The lowest BCUT2D eigenvalue weighted by molar-refractivity contribution is 0.0994. The second-order valence-corrected chi connectivity index (χ2v) is 5.31. The first kappa shape index (κ1) is 15.1. The van der Waals surface area contributed by atoms with E-state index < -0.39 is 0 Å². The number of carbonyl (C=O) groups is 1. The number of Topliss-reactive ketones (excluding diaryl/α,β-unsaturated/α-hetero) is 1. The summed E-state index contributed by atoms with van der Waals surface area (Å²) in [6.07, 6.45) is 0.361. The number of ether oxygens (including phenoxy) is 2. The summed E-state index contributed by atoms with van der Waals surface area (Å²) in [5.41, 5.74) is 1.69. The molecule has 0 aliphatic rings. The number of fused-ring (bicyclic) bond motifs is 1. The van der Waals surface area contributed by atoms with E-state index in [2.05, 4.69) is 0 Å². The van der Waals surface area contributed by atoms with Crippen molar-refractivity contribution in [1.82, 2.24) is 0 Å². The van der Waals surface area contributed by atoms with Crippen LogP contribution in [0.5, 0.6) is 11.5 Å². The van der Waals surface area contributed by atoms with Crippen molar-refractivity contribution in [3.8, 4) is 11.5 Å². The zero-order valence-electron chi connectivity index (χ0n) is 13.2. The van der Waals surface area contributed by atoms with Gasteiger partial charge in [0.15, 0.2) is 5.78 Å². The second-order valence-electron chi connectivity index (χ2n) is 5.31. The zero-order chi connectivity index (χ0) is 16.2. The van der Waals surface area contributed by atoms with Crippen molar-refractivity contribution >= 4 is 16.6 Å². The average Bonchev–Trinajstić information content (AvgIpc) is 2.61. The van der Waals surface area contributed by atoms with E-state index in [0.29, 0.717) is 6.42 Å². The Morgan fingerprint density at radius 2 is 1.52 bits per heavy atom. The van der Waals surface area contributed by atoms with Gasteiger partial charge in [-0.2, -0.15) is 0 Å². The molecular formula is C20H18O3. The van der Waals surface area contributed by atoms with Gasteiger partial charge in [0, 0.05) is 17.4 Å². The molecule has 3 nitrogen and oxygen atoms in total. The number of hydrogen-bond acceptors (Lipinski definition) is 3. The molecule has 3 aromatic carbocycles. The fraction of sp³-hybridized carbons (Fsp3) is 0.150. The minimum Gasteiger partial charge on any atom is -0.497 e. The van der Waals surface area contributed by atoms with E-state index in [1.807, 2.05) is 60.7 Å². The first-order valence-electron chi connectivity index (χ1n) is 7.45. The molecule has 0 unspecified atom stereocenters. The molecule has 3 aromatic rings. The van der Waals surface area contributed by atoms with Crippen molar-refractivity contribution in [1.29, 1.82) is 0 Å². The van der Waals surface area contributed by atoms with Crippen LogP contribution in [0.15, 0.2) is 60.7 Å². The molecular weight excluding hydrogens is 288 g/mol. The van der Waals surface area contributed by atoms with Gasteiger partial charge in [0.1, 0.15) is 11.5 Å². The van der Waals surface area contributed by atoms with Crippen molar-refractivity contribution in [3.05, 3.63) is 71.8 Å². The minimum atomic E-state index is 0.0917. The third-order valence-electron chi connectivity index (χ3n) is 3.93. The average molecular weight is 306 g/mol. The highest BCUT2D eigenvalue weighted by Gasteiger charge is 2.13. The third-order valence-corrected chi connectivity index (χ3v) is 3.93. The number of methoxy groups -OCH3 is 2. The molecule has 0 atom stereocenters. The van der Waals surface area contributed by atoms with Crippen molar-refractivity contribution in [2.45, 2.75) is 6.42 Å². The zero-order valence-corrected chi connectivity index (χ0v) is 13.2. The maximum absolute atomic E-state index is 12.7. The third kappa shape index (κ3) is 3.04. The quantitative estimate of drug-likeness (QED) is 0.660. The highest BCUT2D eigenvalue weighted by molar-refractivity contribution is 6.10. The van der Waals surface area contributed by atoms with Crippen molar-refractivity contribution in [2.24, 2.45) is 0 Å². The standard InChI is InChI=1S/C20H18O3/c1-22-15-9-7-14(8-10-15)13-19(21)17-11-12-20(23-2)18-6-4-3-5-16(17)18/h3-12H,13H2,1-2H3. The van der Waals surface area contributed by atoms with Gasteiger partial charge >= 0.3 is 0 Å². The number of carbonyl (C=O) groups excluding carboxylic acids is 1. The SMILES string of the molecule is COc1ccc(CC(=O)c2ccc(OC)c3ccccc23)cc1. The lowest BCUT2D eigenvalue weighted by atomic mass is 9.97. The van der Waals surface area contributed by atoms with Crippen LogP contribution in [-0.4, -0.2) is 20.0 Å². The Morgan fingerprint density at radius 3 is 2.17 bits per heavy atom. The van der Waals surface area contributed by atoms with E-state index in [1.54, 1.807) is 14.2 Å². The molecule has 0 saturated heterocycles. The van der Waals surface area contributed by atoms with Crippen LogP contribution in [0.2, 0.25) is 0 Å². The number of rotatable bonds is 5. The lowest BCUT2D eigenvalue weighted by Crippen LogP contribution is -2.04. The molecule has 0 aliphatic heterocycles. The molecule has 0 N–H and O–H groups in total. The fourth-order valence-corrected chi connectivity index (χ4v) is 2.72. The summed E-state index contributed by atoms with van der Waals surface area (Å²) in [5, 5.41) is 1.88. The highest BCUT2D eigenvalue weighted by Crippen LogP contribution is 2.29. The Morgan fingerprint density at radius 1 is 0.826 bits per heavy atom. The second kappa shape index (κ2) is 6.53. The molecule has 0 heterocycles. The molecule has 23 heavy (non-hydrogen) atoms. The molecule has 0 saturated carbocycles. The molecule has 0 aliphatic carbocycles. The molecule has 0 bridgehead atoms. The van der Waals surface area contributed by atoms with Gasteiger partial charge in [-0.1, -0.05) is 36.4 Å². The van der Waals surface area contributed by atoms with Crippen molar-refractivity contribution in [3.63, 3.8) is 0 Å². The van der Waals surface area contributed by atoms with Crippen molar-refractivity contribution < 1.29 is 14.3 Å². The van der Waals surface area contributed by atoms with Crippen LogP contribution in [0.1, 0.15) is 15.9 Å². The molecule has 0 amide bonds. The van der Waals surface area contributed by atoms with Crippen LogP contribution in [0.3, 0.4) is 0 Å². The number of benzene rings is 3. The predicted molar refractivity (Wildman–Crippen MR) is 91.5 cm³/mol. The van der Waals surface area contributed by atoms with Gasteiger partial charge in [-0.25, -0.2) is 0 Å². The van der Waals surface area contributed by atoms with Gasteiger partial charge in [0.05, 0.1) is 14.2 Å². The topological polar surface area (TPSA) is 35.5 Å². The maximum Gasteiger partial charge on any atom is 0.167 e. The Hall–Kier alpha value is -2.81. The summed E-state index contributed by atoms with van der Waals surface area (Å²) in [4.78, 5) is 12.7. The van der Waals surface area contributed by atoms with Crippen LogP contribution >= 0.6 is 0 Å². The van der Waals surface area contributed by atoms with Crippen LogP contribution in [0.25, 0.3) is 10.8 Å². The largest absolute Gasteiger partial charge is 0.497 e. The van der Waals surface area contributed by atoms with Crippen molar-refractivity contribution in [2.75, 3.05) is 14.2 Å². The van der Waals surface area contributed by atoms with E-state index in [0.717, 1.165) is 33.4 Å². The van der Waals surface area contributed by atoms with E-state index >= 15 is 0 Å². The Labute approximate surface area is 135 Å². The van der Waals surface area contributed by atoms with Gasteiger partial charge in [0.25, 0.3) is 0 Å². The lowest BCUT2D eigenvalue weighted by Gasteiger charge is -2.10. The first-order chi connectivity index (χ1) is 11.2. The summed E-state index contributed by atoms with van der Waals surface area (Å²) in [6, 6.07) is 19.1. The fourth-order valence-electron chi connectivity index (χ4n) is 2.72. The van der Waals surface area contributed by atoms with Gasteiger partial charge in [-0.3, -0.25) is 4.79 Å². The Bertz CT molecular complexity index is 835. The van der Waals surface area contributed by atoms with Gasteiger partial charge in [-0.05, 0) is 35.2 Å². The molecule has 0 aromatic heterocycles. The normalized spacial score (nSPS) is 10.5. The summed E-state index contributed by atoms with van der Waals surface area (Å²) >= 11 is 0. The van der Waals surface area contributed by atoms with Crippen LogP contribution in [0, 0.1) is 0 Å². The maximum atomic E-state index is 12.7. The number of ketones is 1. The first-order valence-corrected chi connectivity index (χ1v) is 7.45. The molecule has 3 rings (SSSR count). The van der Waals surface area contributed by atoms with E-state index in [9.17, 15) is 4.79 Å². The molecule has 3 heteroatoms.